The first kappa shape index (κ1) is 15.7. The Hall–Kier alpha value is 0.254. The second kappa shape index (κ2) is 5.39. The van der Waals surface area contributed by atoms with Crippen molar-refractivity contribution in [3.05, 3.63) is 7.43 Å². The van der Waals surface area contributed by atoms with E-state index in [4.69, 9.17) is 0 Å². The Morgan fingerprint density at radius 3 is 1.38 bits per heavy atom. The summed E-state index contributed by atoms with van der Waals surface area (Å²) in [4.78, 5) is 9.70. The topological polar surface area (TPSA) is 17.1 Å². The van der Waals surface area contributed by atoms with Crippen LogP contribution in [0.25, 0.3) is 0 Å². The van der Waals surface area contributed by atoms with Crippen LogP contribution in [0.1, 0.15) is 20.8 Å². The van der Waals surface area contributed by atoms with Gasteiger partial charge < -0.3 is 12.2 Å². The second-order valence-corrected chi connectivity index (χ2v) is 2.35. The SMILES string of the molecule is CC(C)(C)[C-]=O.[CH3-].[V+2]. The molecular weight excluding hydrogens is 139 g/mol. The molecule has 0 aliphatic carbocycles. The van der Waals surface area contributed by atoms with Crippen molar-refractivity contribution in [1.82, 2.24) is 0 Å². The van der Waals surface area contributed by atoms with Crippen molar-refractivity contribution >= 4 is 6.29 Å². The molecule has 0 aromatic carbocycles. The molecule has 0 rings (SSSR count). The predicted octanol–water partition coefficient (Wildman–Crippen LogP) is 1.59. The molecule has 0 atom stereocenters. The Kier molecular flexibility index (Phi) is 10.6. The Balaban J connectivity index is -0.000000125. The summed E-state index contributed by atoms with van der Waals surface area (Å²) >= 11 is 0. The van der Waals surface area contributed by atoms with E-state index in [0.29, 0.717) is 0 Å². The van der Waals surface area contributed by atoms with Crippen molar-refractivity contribution in [3.8, 4) is 0 Å². The molecule has 47 valence electrons. The van der Waals surface area contributed by atoms with E-state index < -0.39 is 0 Å². The quantitative estimate of drug-likeness (QED) is 0.480. The summed E-state index contributed by atoms with van der Waals surface area (Å²) in [6.45, 7) is 5.46. The molecule has 0 aliphatic heterocycles. The number of hydrogen-bond acceptors (Lipinski definition) is 1. The van der Waals surface area contributed by atoms with Crippen molar-refractivity contribution in [2.24, 2.45) is 5.41 Å². The van der Waals surface area contributed by atoms with Crippen molar-refractivity contribution in [2.75, 3.05) is 0 Å². The van der Waals surface area contributed by atoms with Gasteiger partial charge in [0.2, 0.25) is 0 Å². The monoisotopic (exact) mass is 151 g/mol. The van der Waals surface area contributed by atoms with Gasteiger partial charge in [0.15, 0.2) is 0 Å². The number of carbonyl (C=O) groups excluding carboxylic acids is 1. The van der Waals surface area contributed by atoms with Crippen molar-refractivity contribution in [1.29, 1.82) is 0 Å². The van der Waals surface area contributed by atoms with Crippen molar-refractivity contribution in [3.63, 3.8) is 0 Å². The minimum absolute atomic E-state index is 0. The minimum atomic E-state index is -0.264. The van der Waals surface area contributed by atoms with Gasteiger partial charge in [-0.3, -0.25) is 6.29 Å². The molecule has 0 aromatic rings. The molecule has 0 bridgehead atoms. The Morgan fingerprint density at radius 1 is 1.25 bits per heavy atom. The van der Waals surface area contributed by atoms with Gasteiger partial charge >= 0.3 is 18.6 Å². The van der Waals surface area contributed by atoms with Gasteiger partial charge in [0.1, 0.15) is 0 Å². The normalized spacial score (nSPS) is 8.38. The summed E-state index contributed by atoms with van der Waals surface area (Å²) in [6.07, 6.45) is 1.85. The summed E-state index contributed by atoms with van der Waals surface area (Å²) in [5.74, 6) is 0. The molecule has 1 radical (unpaired) electrons. The van der Waals surface area contributed by atoms with E-state index >= 15 is 0 Å². The molecule has 0 spiro atoms. The molecular formula is C6H12OV. The van der Waals surface area contributed by atoms with E-state index in [1.54, 1.807) is 0 Å². The zero-order valence-corrected chi connectivity index (χ0v) is 7.25. The van der Waals surface area contributed by atoms with Crippen LogP contribution >= 0.6 is 0 Å². The van der Waals surface area contributed by atoms with Gasteiger partial charge in [-0.25, -0.2) is 0 Å². The van der Waals surface area contributed by atoms with E-state index in [1.807, 2.05) is 27.1 Å². The first-order chi connectivity index (χ1) is 2.56. The van der Waals surface area contributed by atoms with Crippen LogP contribution in [0, 0.1) is 12.8 Å². The summed E-state index contributed by atoms with van der Waals surface area (Å²) < 4.78 is 0. The van der Waals surface area contributed by atoms with Gasteiger partial charge in [-0.1, -0.05) is 20.8 Å². The fourth-order valence-electron chi connectivity index (χ4n) is 0. The van der Waals surface area contributed by atoms with Crippen LogP contribution < -0.4 is 0 Å². The molecule has 0 N–H and O–H groups in total. The third-order valence-electron chi connectivity index (χ3n) is 0.306. The van der Waals surface area contributed by atoms with E-state index in [-0.39, 0.29) is 31.4 Å². The van der Waals surface area contributed by atoms with E-state index in [9.17, 15) is 4.79 Å². The fraction of sp³-hybridized carbons (Fsp3) is 0.667. The summed E-state index contributed by atoms with van der Waals surface area (Å²) in [7, 11) is 0. The summed E-state index contributed by atoms with van der Waals surface area (Å²) in [6, 6.07) is 0. The molecule has 0 aromatic heterocycles. The minimum Gasteiger partial charge on any atom is -0.541 e. The Bertz CT molecular complexity index is 54.0. The van der Waals surface area contributed by atoms with Crippen LogP contribution in [0.4, 0.5) is 0 Å². The van der Waals surface area contributed by atoms with Crippen LogP contribution in [-0.2, 0) is 23.4 Å². The molecule has 0 fully saturated rings. The maximum Gasteiger partial charge on any atom is 2.00 e. The van der Waals surface area contributed by atoms with Crippen LogP contribution in [0.5, 0.6) is 0 Å². The van der Waals surface area contributed by atoms with E-state index in [0.717, 1.165) is 0 Å². The van der Waals surface area contributed by atoms with Crippen LogP contribution in [0.15, 0.2) is 0 Å². The van der Waals surface area contributed by atoms with Gasteiger partial charge in [0, 0.05) is 0 Å². The third kappa shape index (κ3) is 16.3. The van der Waals surface area contributed by atoms with Crippen molar-refractivity contribution in [2.45, 2.75) is 20.8 Å². The third-order valence-corrected chi connectivity index (χ3v) is 0.306. The second-order valence-electron chi connectivity index (χ2n) is 2.35. The van der Waals surface area contributed by atoms with E-state index in [2.05, 4.69) is 0 Å². The van der Waals surface area contributed by atoms with Gasteiger partial charge in [-0.05, 0) is 0 Å². The van der Waals surface area contributed by atoms with Gasteiger partial charge in [0.05, 0.1) is 0 Å². The molecule has 1 nitrogen and oxygen atoms in total. The molecule has 0 saturated carbocycles. The predicted molar refractivity (Wildman–Crippen MR) is 31.6 cm³/mol. The maximum atomic E-state index is 9.70. The first-order valence-corrected chi connectivity index (χ1v) is 1.95. The van der Waals surface area contributed by atoms with Gasteiger partial charge in [0.25, 0.3) is 0 Å². The maximum absolute atomic E-state index is 9.70. The molecule has 0 heterocycles. The molecule has 8 heavy (non-hydrogen) atoms. The largest absolute Gasteiger partial charge is 2.00 e. The molecule has 0 aliphatic rings. The zero-order chi connectivity index (χ0) is 5.21. The molecule has 0 saturated heterocycles. The summed E-state index contributed by atoms with van der Waals surface area (Å²) in [5.41, 5.74) is -0.264. The Labute approximate surface area is 63.7 Å². The molecule has 0 unspecified atom stereocenters. The van der Waals surface area contributed by atoms with Crippen LogP contribution in [0.2, 0.25) is 0 Å². The summed E-state index contributed by atoms with van der Waals surface area (Å²) in [5, 5.41) is 0. The zero-order valence-electron chi connectivity index (χ0n) is 5.86. The van der Waals surface area contributed by atoms with Gasteiger partial charge in [-0.2, -0.15) is 0 Å². The van der Waals surface area contributed by atoms with E-state index in [1.165, 1.54) is 0 Å². The van der Waals surface area contributed by atoms with Gasteiger partial charge in [-0.15, -0.1) is 5.41 Å². The number of hydrogen-bond donors (Lipinski definition) is 0. The molecule has 2 heteroatoms. The average Bonchev–Trinajstić information content (AvgIpc) is 1.35. The molecule has 0 amide bonds. The van der Waals surface area contributed by atoms with Crippen LogP contribution in [-0.4, -0.2) is 6.29 Å². The Morgan fingerprint density at radius 2 is 1.38 bits per heavy atom. The fourth-order valence-corrected chi connectivity index (χ4v) is 0. The average molecular weight is 151 g/mol. The number of rotatable bonds is 0. The standard InChI is InChI=1S/C5H9O.CH3.V/c1-5(2,3)4-6;;/h1-3H3;1H3;/q2*-1;+2. The van der Waals surface area contributed by atoms with Crippen molar-refractivity contribution < 1.29 is 23.4 Å². The van der Waals surface area contributed by atoms with Crippen LogP contribution in [0.3, 0.4) is 0 Å². The first-order valence-electron chi connectivity index (χ1n) is 1.95. The smallest absolute Gasteiger partial charge is 0.541 e.